The highest BCUT2D eigenvalue weighted by molar-refractivity contribution is 6.08. The summed E-state index contributed by atoms with van der Waals surface area (Å²) in [6.07, 6.45) is -0.802. The number of hydrogen-bond donors (Lipinski definition) is 2. The molecule has 8 nitrogen and oxygen atoms in total. The summed E-state index contributed by atoms with van der Waals surface area (Å²) in [4.78, 5) is 27.1. The number of epoxide rings is 2. The molecule has 2 aromatic carbocycles. The second-order valence-corrected chi connectivity index (χ2v) is 13.2. The van der Waals surface area contributed by atoms with Crippen molar-refractivity contribution in [2.75, 3.05) is 0 Å². The van der Waals surface area contributed by atoms with Gasteiger partial charge in [0.15, 0.2) is 11.4 Å². The van der Waals surface area contributed by atoms with Crippen molar-refractivity contribution < 1.29 is 38.4 Å². The van der Waals surface area contributed by atoms with Crippen molar-refractivity contribution >= 4 is 11.8 Å². The molecule has 3 heterocycles. The zero-order valence-corrected chi connectivity index (χ0v) is 23.8. The lowest BCUT2D eigenvalue weighted by molar-refractivity contribution is -0.122. The summed E-state index contributed by atoms with van der Waals surface area (Å²) in [5.74, 6) is -1.20. The number of furan rings is 1. The van der Waals surface area contributed by atoms with E-state index in [1.54, 1.807) is 48.5 Å². The average Bonchev–Trinajstić information content (AvgIpc) is 3.89. The molecular formula is C34H34O8. The molecule has 0 radical (unpaired) electrons. The Morgan fingerprint density at radius 3 is 2.31 bits per heavy atom. The second-order valence-electron chi connectivity index (χ2n) is 13.2. The number of fused-ring (bicyclic) bond motifs is 3. The second kappa shape index (κ2) is 8.63. The van der Waals surface area contributed by atoms with Crippen LogP contribution in [0.5, 0.6) is 5.95 Å². The molecule has 2 spiro atoms. The van der Waals surface area contributed by atoms with Gasteiger partial charge in [-0.1, -0.05) is 69.3 Å². The Kier molecular flexibility index (Phi) is 5.41. The van der Waals surface area contributed by atoms with Gasteiger partial charge in [0, 0.05) is 28.0 Å². The summed E-state index contributed by atoms with van der Waals surface area (Å²) >= 11 is 0. The summed E-state index contributed by atoms with van der Waals surface area (Å²) in [6.45, 7) is 6.15. The third kappa shape index (κ3) is 3.11. The van der Waals surface area contributed by atoms with Crippen molar-refractivity contribution in [2.24, 2.45) is 17.3 Å². The number of rotatable bonds is 5. The number of hydrogen-bond acceptors (Lipinski definition) is 8. The quantitative estimate of drug-likeness (QED) is 0.262. The number of carbonyl (C=O) groups excluding carboxylic acids is 2. The zero-order chi connectivity index (χ0) is 29.2. The minimum atomic E-state index is -0.888. The molecule has 42 heavy (non-hydrogen) atoms. The van der Waals surface area contributed by atoms with Crippen LogP contribution in [0.25, 0.3) is 0 Å². The van der Waals surface area contributed by atoms with Crippen LogP contribution in [0.3, 0.4) is 0 Å². The topological polar surface area (TPSA) is 122 Å². The predicted octanol–water partition coefficient (Wildman–Crippen LogP) is 4.45. The Morgan fingerprint density at radius 2 is 1.64 bits per heavy atom. The minimum Gasteiger partial charge on any atom is -0.421 e. The Bertz CT molecular complexity index is 1600. The molecule has 8 heteroatoms. The van der Waals surface area contributed by atoms with Crippen molar-refractivity contribution in [3.63, 3.8) is 0 Å². The van der Waals surface area contributed by atoms with Gasteiger partial charge in [-0.15, -0.1) is 0 Å². The fraction of sp³-hybridized carbons (Fsp3) is 0.471. The van der Waals surface area contributed by atoms with Gasteiger partial charge in [-0.25, -0.2) is 4.79 Å². The molecule has 2 aliphatic heterocycles. The van der Waals surface area contributed by atoms with Crippen molar-refractivity contribution in [3.05, 3.63) is 88.7 Å². The van der Waals surface area contributed by atoms with Crippen LogP contribution in [0.15, 0.2) is 65.1 Å². The molecule has 3 aromatic rings. The van der Waals surface area contributed by atoms with Crippen LogP contribution in [0.1, 0.15) is 77.1 Å². The van der Waals surface area contributed by atoms with Crippen molar-refractivity contribution in [1.29, 1.82) is 0 Å². The van der Waals surface area contributed by atoms with Crippen LogP contribution >= 0.6 is 0 Å². The lowest BCUT2D eigenvalue weighted by Crippen LogP contribution is -2.69. The lowest BCUT2D eigenvalue weighted by atomic mass is 9.46. The maximum atomic E-state index is 14.0. The van der Waals surface area contributed by atoms with E-state index in [1.165, 1.54) is 0 Å². The fourth-order valence-electron chi connectivity index (χ4n) is 9.03. The van der Waals surface area contributed by atoms with Crippen LogP contribution < -0.4 is 4.74 Å². The van der Waals surface area contributed by atoms with Gasteiger partial charge >= 0.3 is 5.97 Å². The molecule has 0 amide bonds. The van der Waals surface area contributed by atoms with Crippen molar-refractivity contribution in [2.45, 2.75) is 81.6 Å². The highest BCUT2D eigenvalue weighted by atomic mass is 16.7. The van der Waals surface area contributed by atoms with E-state index in [0.717, 1.165) is 5.56 Å². The number of ether oxygens (including phenoxy) is 3. The molecule has 9 atom stereocenters. The third-order valence-electron chi connectivity index (χ3n) is 11.0. The summed E-state index contributed by atoms with van der Waals surface area (Å²) in [5, 5.41) is 23.1. The van der Waals surface area contributed by atoms with Gasteiger partial charge in [0.2, 0.25) is 5.78 Å². The van der Waals surface area contributed by atoms with Crippen molar-refractivity contribution in [1.82, 2.24) is 0 Å². The number of aliphatic hydroxyl groups is 2. The van der Waals surface area contributed by atoms with E-state index in [9.17, 15) is 19.8 Å². The van der Waals surface area contributed by atoms with E-state index in [4.69, 9.17) is 18.6 Å². The summed E-state index contributed by atoms with van der Waals surface area (Å²) in [7, 11) is 0. The minimum absolute atomic E-state index is 0.0445. The monoisotopic (exact) mass is 570 g/mol. The standard InChI is InChI=1S/C34H34O8/c1-17(2)23-26(36)29-34(42-29)32(3)15-14-20-24(21(32)16-22-33(34,41-22)28(23)37)27(25(35)18-10-6-4-7-11-18)39-31(20)40-30(38)19-12-8-5-9-13-19/h4-13,17,21-23,26,28-29,36-37H,14-16H2,1-3H3/t21-,22-,23?,26+,28+,29-,32-,33+,34+/m0/s1. The van der Waals surface area contributed by atoms with Crippen LogP contribution in [-0.2, 0) is 15.9 Å². The highest BCUT2D eigenvalue weighted by Gasteiger charge is 2.94. The first kappa shape index (κ1) is 26.3. The van der Waals surface area contributed by atoms with Gasteiger partial charge in [-0.2, -0.15) is 0 Å². The first-order valence-corrected chi connectivity index (χ1v) is 14.9. The molecule has 5 aliphatic rings. The molecule has 2 N–H and O–H groups in total. The zero-order valence-electron chi connectivity index (χ0n) is 23.8. The van der Waals surface area contributed by atoms with Gasteiger partial charge in [0.25, 0.3) is 5.95 Å². The summed E-state index contributed by atoms with van der Waals surface area (Å²) in [5.41, 5.74) is -0.0672. The van der Waals surface area contributed by atoms with Gasteiger partial charge in [0.1, 0.15) is 11.7 Å². The first-order valence-electron chi connectivity index (χ1n) is 14.9. The Labute approximate surface area is 243 Å². The number of ketones is 1. The maximum absolute atomic E-state index is 14.0. The first-order chi connectivity index (χ1) is 20.2. The molecule has 1 aromatic heterocycles. The normalized spacial score (nSPS) is 38.8. The molecule has 1 unspecified atom stereocenters. The Morgan fingerprint density at radius 1 is 0.976 bits per heavy atom. The highest BCUT2D eigenvalue weighted by Crippen LogP contribution is 2.80. The number of esters is 1. The molecule has 2 saturated heterocycles. The number of benzene rings is 2. The van der Waals surface area contributed by atoms with E-state index in [2.05, 4.69) is 6.92 Å². The molecule has 2 saturated carbocycles. The smallest absolute Gasteiger partial charge is 0.345 e. The molecule has 3 aliphatic carbocycles. The van der Waals surface area contributed by atoms with E-state index in [-0.39, 0.29) is 41.3 Å². The largest absolute Gasteiger partial charge is 0.421 e. The van der Waals surface area contributed by atoms with Crippen LogP contribution in [-0.4, -0.2) is 57.6 Å². The third-order valence-corrected chi connectivity index (χ3v) is 11.0. The summed E-state index contributed by atoms with van der Waals surface area (Å²) in [6, 6.07) is 17.6. The van der Waals surface area contributed by atoms with E-state index >= 15 is 0 Å². The van der Waals surface area contributed by atoms with E-state index in [1.807, 2.05) is 26.0 Å². The average molecular weight is 571 g/mol. The SMILES string of the molecule is CC(C)C1[C@@H](O)[C@@H]2O[C@]23[C@]2(O[C@H]2C[C@H]2c4c(C(=O)c5ccccc5)oc(OC(=O)c5ccccc5)c4CC[C@@]23C)[C@@H]1O. The summed E-state index contributed by atoms with van der Waals surface area (Å²) < 4.78 is 25.0. The van der Waals surface area contributed by atoms with Crippen molar-refractivity contribution in [3.8, 4) is 5.95 Å². The molecule has 4 fully saturated rings. The van der Waals surface area contributed by atoms with Gasteiger partial charge < -0.3 is 28.8 Å². The molecule has 8 rings (SSSR count). The van der Waals surface area contributed by atoms with Gasteiger partial charge in [-0.05, 0) is 43.2 Å². The molecular weight excluding hydrogens is 536 g/mol. The van der Waals surface area contributed by atoms with Crippen LogP contribution in [0, 0.1) is 17.3 Å². The van der Waals surface area contributed by atoms with Gasteiger partial charge in [0.05, 0.1) is 23.9 Å². The van der Waals surface area contributed by atoms with Crippen LogP contribution in [0.2, 0.25) is 0 Å². The maximum Gasteiger partial charge on any atom is 0.345 e. The number of aliphatic hydroxyl groups excluding tert-OH is 2. The lowest BCUT2D eigenvalue weighted by Gasteiger charge is -2.54. The number of carbonyl (C=O) groups is 2. The Hall–Kier alpha value is -3.30. The predicted molar refractivity (Wildman–Crippen MR) is 149 cm³/mol. The van der Waals surface area contributed by atoms with Gasteiger partial charge in [-0.3, -0.25) is 4.79 Å². The van der Waals surface area contributed by atoms with E-state index < -0.39 is 40.9 Å². The van der Waals surface area contributed by atoms with E-state index in [0.29, 0.717) is 36.0 Å². The Balaban J connectivity index is 1.25. The van der Waals surface area contributed by atoms with Crippen LogP contribution in [0.4, 0.5) is 0 Å². The molecule has 218 valence electrons. The fourth-order valence-corrected chi connectivity index (χ4v) is 9.03. The molecule has 0 bridgehead atoms.